The molecule has 0 bridgehead atoms. The van der Waals surface area contributed by atoms with Crippen molar-refractivity contribution in [1.82, 2.24) is 4.98 Å². The quantitative estimate of drug-likeness (QED) is 0.618. The summed E-state index contributed by atoms with van der Waals surface area (Å²) in [5.41, 5.74) is 1.90. The highest BCUT2D eigenvalue weighted by molar-refractivity contribution is 5.90. The average molecular weight is 384 g/mol. The summed E-state index contributed by atoms with van der Waals surface area (Å²) in [6.45, 7) is 2.92. The number of benzene rings is 2. The van der Waals surface area contributed by atoms with Gasteiger partial charge in [0.25, 0.3) is 5.56 Å². The van der Waals surface area contributed by atoms with Crippen LogP contribution < -0.4 is 29.8 Å². The maximum atomic E-state index is 12.5. The lowest BCUT2D eigenvalue weighted by atomic mass is 10.1. The Morgan fingerprint density at radius 3 is 2.29 bits per heavy atom. The molecule has 3 aromatic rings. The molecule has 0 fully saturated rings. The molecule has 0 aliphatic carbocycles. The predicted octanol–water partition coefficient (Wildman–Crippen LogP) is 3.56. The zero-order valence-electron chi connectivity index (χ0n) is 16.4. The molecule has 3 rings (SSSR count). The van der Waals surface area contributed by atoms with Crippen LogP contribution in [-0.4, -0.2) is 32.9 Å². The second kappa shape index (κ2) is 8.56. The summed E-state index contributed by atoms with van der Waals surface area (Å²) >= 11 is 0. The minimum Gasteiger partial charge on any atom is -0.494 e. The summed E-state index contributed by atoms with van der Waals surface area (Å²) in [6, 6.07) is 11.1. The van der Waals surface area contributed by atoms with E-state index in [0.29, 0.717) is 41.5 Å². The number of H-pyrrole nitrogens is 1. The van der Waals surface area contributed by atoms with Gasteiger partial charge in [0.2, 0.25) is 5.75 Å². The van der Waals surface area contributed by atoms with Crippen LogP contribution >= 0.6 is 0 Å². The summed E-state index contributed by atoms with van der Waals surface area (Å²) in [7, 11) is 4.64. The Balaban J connectivity index is 1.93. The molecule has 148 valence electrons. The van der Waals surface area contributed by atoms with Gasteiger partial charge in [0, 0.05) is 29.2 Å². The molecule has 0 saturated heterocycles. The van der Waals surface area contributed by atoms with E-state index in [9.17, 15) is 4.79 Å². The summed E-state index contributed by atoms with van der Waals surface area (Å²) in [6.07, 6.45) is 0. The lowest BCUT2D eigenvalue weighted by molar-refractivity contribution is 0.327. The van der Waals surface area contributed by atoms with Crippen LogP contribution in [-0.2, 0) is 6.54 Å². The van der Waals surface area contributed by atoms with E-state index in [1.165, 1.54) is 7.11 Å². The molecular weight excluding hydrogens is 360 g/mol. The SMILES string of the molecule is CCOc1ccc(NCc2cc3c(OC)c(OC)c(OC)cc3[nH]c2=O)cc1. The van der Waals surface area contributed by atoms with E-state index in [0.717, 1.165) is 16.8 Å². The van der Waals surface area contributed by atoms with Crippen molar-refractivity contribution in [3.8, 4) is 23.0 Å². The highest BCUT2D eigenvalue weighted by Crippen LogP contribution is 2.42. The van der Waals surface area contributed by atoms with Crippen molar-refractivity contribution in [1.29, 1.82) is 0 Å². The molecule has 0 spiro atoms. The van der Waals surface area contributed by atoms with Crippen molar-refractivity contribution in [3.05, 3.63) is 52.3 Å². The van der Waals surface area contributed by atoms with E-state index in [1.807, 2.05) is 31.2 Å². The number of anilines is 1. The van der Waals surface area contributed by atoms with E-state index >= 15 is 0 Å². The predicted molar refractivity (Wildman–Crippen MR) is 109 cm³/mol. The van der Waals surface area contributed by atoms with Gasteiger partial charge in [0.05, 0.1) is 33.5 Å². The first-order valence-corrected chi connectivity index (χ1v) is 8.92. The Kier molecular flexibility index (Phi) is 5.93. The Morgan fingerprint density at radius 2 is 1.68 bits per heavy atom. The fraction of sp³-hybridized carbons (Fsp3) is 0.286. The number of methoxy groups -OCH3 is 3. The Bertz CT molecular complexity index is 1010. The van der Waals surface area contributed by atoms with Crippen LogP contribution in [0, 0.1) is 0 Å². The van der Waals surface area contributed by atoms with Gasteiger partial charge in [0.15, 0.2) is 11.5 Å². The van der Waals surface area contributed by atoms with Crippen molar-refractivity contribution >= 4 is 16.6 Å². The molecule has 28 heavy (non-hydrogen) atoms. The Hall–Kier alpha value is -3.35. The summed E-state index contributed by atoms with van der Waals surface area (Å²) < 4.78 is 21.7. The fourth-order valence-corrected chi connectivity index (χ4v) is 3.03. The third kappa shape index (κ3) is 3.83. The topological polar surface area (TPSA) is 81.8 Å². The maximum Gasteiger partial charge on any atom is 0.253 e. The van der Waals surface area contributed by atoms with Gasteiger partial charge in [-0.25, -0.2) is 0 Å². The number of ether oxygens (including phenoxy) is 4. The molecule has 1 heterocycles. The van der Waals surface area contributed by atoms with Gasteiger partial charge in [-0.15, -0.1) is 0 Å². The van der Waals surface area contributed by atoms with E-state index in [2.05, 4.69) is 10.3 Å². The molecule has 0 aliphatic rings. The summed E-state index contributed by atoms with van der Waals surface area (Å²) in [4.78, 5) is 15.4. The number of hydrogen-bond acceptors (Lipinski definition) is 6. The normalized spacial score (nSPS) is 10.6. The van der Waals surface area contributed by atoms with Gasteiger partial charge in [0.1, 0.15) is 5.75 Å². The molecule has 2 N–H and O–H groups in total. The number of fused-ring (bicyclic) bond motifs is 1. The molecule has 1 aromatic heterocycles. The van der Waals surface area contributed by atoms with Crippen LogP contribution in [0.5, 0.6) is 23.0 Å². The van der Waals surface area contributed by atoms with Crippen molar-refractivity contribution in [2.24, 2.45) is 0 Å². The zero-order chi connectivity index (χ0) is 20.1. The lowest BCUT2D eigenvalue weighted by Crippen LogP contribution is -2.16. The zero-order valence-corrected chi connectivity index (χ0v) is 16.4. The van der Waals surface area contributed by atoms with Crippen LogP contribution in [0.25, 0.3) is 10.9 Å². The van der Waals surface area contributed by atoms with Crippen LogP contribution in [0.3, 0.4) is 0 Å². The summed E-state index contributed by atoms with van der Waals surface area (Å²) in [5, 5.41) is 3.99. The third-order valence-electron chi connectivity index (χ3n) is 4.38. The van der Waals surface area contributed by atoms with Gasteiger partial charge < -0.3 is 29.2 Å². The third-order valence-corrected chi connectivity index (χ3v) is 4.38. The number of rotatable bonds is 8. The number of hydrogen-bond donors (Lipinski definition) is 2. The van der Waals surface area contributed by atoms with Gasteiger partial charge in [-0.3, -0.25) is 4.79 Å². The largest absolute Gasteiger partial charge is 0.494 e. The van der Waals surface area contributed by atoms with Gasteiger partial charge in [-0.1, -0.05) is 0 Å². The van der Waals surface area contributed by atoms with Crippen LogP contribution in [0.2, 0.25) is 0 Å². The molecule has 7 nitrogen and oxygen atoms in total. The molecule has 0 amide bonds. The van der Waals surface area contributed by atoms with E-state index < -0.39 is 0 Å². The molecule has 0 aliphatic heterocycles. The van der Waals surface area contributed by atoms with Gasteiger partial charge >= 0.3 is 0 Å². The van der Waals surface area contributed by atoms with E-state index in [-0.39, 0.29) is 5.56 Å². The molecule has 0 unspecified atom stereocenters. The lowest BCUT2D eigenvalue weighted by Gasteiger charge is -2.15. The maximum absolute atomic E-state index is 12.5. The molecular formula is C21H24N2O5. The van der Waals surface area contributed by atoms with Crippen molar-refractivity contribution in [2.75, 3.05) is 33.3 Å². The molecule has 2 aromatic carbocycles. The monoisotopic (exact) mass is 384 g/mol. The first-order chi connectivity index (χ1) is 13.6. The Morgan fingerprint density at radius 1 is 0.964 bits per heavy atom. The van der Waals surface area contributed by atoms with Crippen molar-refractivity contribution in [2.45, 2.75) is 13.5 Å². The minimum absolute atomic E-state index is 0.180. The van der Waals surface area contributed by atoms with Crippen molar-refractivity contribution in [3.63, 3.8) is 0 Å². The number of pyridine rings is 1. The molecule has 0 radical (unpaired) electrons. The second-order valence-corrected chi connectivity index (χ2v) is 6.04. The highest BCUT2D eigenvalue weighted by atomic mass is 16.5. The van der Waals surface area contributed by atoms with E-state index in [1.54, 1.807) is 26.4 Å². The summed E-state index contributed by atoms with van der Waals surface area (Å²) in [5.74, 6) is 2.29. The smallest absolute Gasteiger partial charge is 0.253 e. The fourth-order valence-electron chi connectivity index (χ4n) is 3.03. The van der Waals surface area contributed by atoms with Crippen LogP contribution in [0.15, 0.2) is 41.2 Å². The van der Waals surface area contributed by atoms with E-state index in [4.69, 9.17) is 18.9 Å². The van der Waals surface area contributed by atoms with Gasteiger partial charge in [-0.2, -0.15) is 0 Å². The molecule has 7 heteroatoms. The standard InChI is InChI=1S/C21H24N2O5/c1-5-28-15-8-6-14(7-9-15)22-12-13-10-16-17(23-21(13)24)11-18(25-2)20(27-4)19(16)26-3/h6-11,22H,5,12H2,1-4H3,(H,23,24). The van der Waals surface area contributed by atoms with Crippen LogP contribution in [0.1, 0.15) is 12.5 Å². The molecule has 0 saturated carbocycles. The van der Waals surface area contributed by atoms with Gasteiger partial charge in [-0.05, 0) is 37.3 Å². The number of aromatic nitrogens is 1. The first-order valence-electron chi connectivity index (χ1n) is 8.92. The average Bonchev–Trinajstić information content (AvgIpc) is 2.72. The first kappa shape index (κ1) is 19.4. The highest BCUT2D eigenvalue weighted by Gasteiger charge is 2.17. The Labute approximate surface area is 163 Å². The molecule has 0 atom stereocenters. The minimum atomic E-state index is -0.180. The van der Waals surface area contributed by atoms with Crippen molar-refractivity contribution < 1.29 is 18.9 Å². The second-order valence-electron chi connectivity index (χ2n) is 6.04. The van der Waals surface area contributed by atoms with Crippen LogP contribution in [0.4, 0.5) is 5.69 Å². The number of nitrogens with one attached hydrogen (secondary N) is 2. The number of aromatic amines is 1.